The van der Waals surface area contributed by atoms with Gasteiger partial charge in [-0.1, -0.05) is 36.0 Å². The summed E-state index contributed by atoms with van der Waals surface area (Å²) in [5.74, 6) is -2.47. The van der Waals surface area contributed by atoms with Crippen molar-refractivity contribution in [2.75, 3.05) is 20.7 Å². The van der Waals surface area contributed by atoms with Crippen molar-refractivity contribution < 1.29 is 18.3 Å². The highest BCUT2D eigenvalue weighted by atomic mass is 35.5. The molecule has 2 heterocycles. The van der Waals surface area contributed by atoms with Gasteiger partial charge < -0.3 is 9.64 Å². The van der Waals surface area contributed by atoms with Crippen molar-refractivity contribution in [1.82, 2.24) is 9.62 Å². The van der Waals surface area contributed by atoms with Crippen LogP contribution in [0.1, 0.15) is 18.0 Å². The second-order valence-electron chi connectivity index (χ2n) is 6.53. The fourth-order valence-electron chi connectivity index (χ4n) is 3.57. The largest absolute Gasteiger partial charge is 0.466 e. The predicted molar refractivity (Wildman–Crippen MR) is 122 cm³/mol. The van der Waals surface area contributed by atoms with Crippen LogP contribution in [0.3, 0.4) is 0 Å². The summed E-state index contributed by atoms with van der Waals surface area (Å²) < 4.78 is 36.0. The average molecular weight is 488 g/mol. The minimum Gasteiger partial charge on any atom is -0.466 e. The number of esters is 1. The van der Waals surface area contributed by atoms with Crippen LogP contribution in [0.4, 0.5) is 8.78 Å². The molecule has 3 rings (SSSR count). The van der Waals surface area contributed by atoms with E-state index in [2.05, 4.69) is 16.3 Å². The number of carbonyl (C=O) groups excluding carboxylic acids is 1. The number of fused-ring (bicyclic) bond motifs is 1. The maximum absolute atomic E-state index is 14.3. The first-order chi connectivity index (χ1) is 14.9. The van der Waals surface area contributed by atoms with Gasteiger partial charge in [-0.15, -0.1) is 0 Å². The fraction of sp³-hybridized carbons (Fsp3) is 0.316. The molecule has 2 aliphatic rings. The van der Waals surface area contributed by atoms with E-state index in [4.69, 9.17) is 26.5 Å². The van der Waals surface area contributed by atoms with Crippen molar-refractivity contribution in [2.45, 2.75) is 18.5 Å². The lowest BCUT2D eigenvalue weighted by molar-refractivity contribution is -0.136. The normalized spacial score (nSPS) is 21.2. The summed E-state index contributed by atoms with van der Waals surface area (Å²) in [5, 5.41) is 7.27. The quantitative estimate of drug-likeness (QED) is 0.208. The first-order valence-electron chi connectivity index (χ1n) is 9.03. The monoisotopic (exact) mass is 487 g/mol. The second-order valence-corrected chi connectivity index (χ2v) is 8.34. The number of nitrogens with zero attached hydrogens (tertiary/aromatic N) is 3. The molecule has 0 amide bonds. The Labute approximate surface area is 192 Å². The molecule has 1 fully saturated rings. The Morgan fingerprint density at radius 2 is 2.26 bits per heavy atom. The maximum Gasteiger partial charge on any atom is 0.338 e. The standard InChI is InChI=1S/C19H20ClF2N5O2S2/c1-4-30-18(24-2)17-25-16(10-5-6-11(21)15(22)14(10)20)13(19(28)29-3)12-7-9(26-31-23)8-27(12)17/h4-6,9,16,26H,1,7-8,23H2,2-3H3. The lowest BCUT2D eigenvalue weighted by atomic mass is 9.94. The minimum absolute atomic E-state index is 0.0964. The van der Waals surface area contributed by atoms with Gasteiger partial charge in [0.05, 0.1) is 17.7 Å². The average Bonchev–Trinajstić information content (AvgIpc) is 3.18. The Kier molecular flexibility index (Phi) is 7.76. The molecule has 31 heavy (non-hydrogen) atoms. The minimum atomic E-state index is -1.21. The van der Waals surface area contributed by atoms with Crippen LogP contribution in [0, 0.1) is 11.6 Å². The van der Waals surface area contributed by atoms with Crippen LogP contribution in [-0.4, -0.2) is 48.5 Å². The molecule has 2 atom stereocenters. The molecule has 1 saturated heterocycles. The zero-order valence-corrected chi connectivity index (χ0v) is 19.1. The van der Waals surface area contributed by atoms with Crippen molar-refractivity contribution in [1.29, 1.82) is 0 Å². The first-order valence-corrected chi connectivity index (χ1v) is 11.2. The molecule has 0 bridgehead atoms. The topological polar surface area (TPSA) is 92.3 Å². The van der Waals surface area contributed by atoms with Gasteiger partial charge in [0.2, 0.25) is 0 Å². The highest BCUT2D eigenvalue weighted by Crippen LogP contribution is 2.43. The molecular weight excluding hydrogens is 468 g/mol. The van der Waals surface area contributed by atoms with Crippen LogP contribution in [0.25, 0.3) is 0 Å². The Morgan fingerprint density at radius 3 is 2.87 bits per heavy atom. The molecule has 12 heteroatoms. The summed E-state index contributed by atoms with van der Waals surface area (Å²) >= 11 is 8.36. The molecule has 1 aromatic carbocycles. The number of ether oxygens (including phenoxy) is 1. The molecule has 0 saturated carbocycles. The Balaban J connectivity index is 2.25. The predicted octanol–water partition coefficient (Wildman–Crippen LogP) is 3.59. The van der Waals surface area contributed by atoms with Crippen LogP contribution in [0.15, 0.2) is 45.4 Å². The summed E-state index contributed by atoms with van der Waals surface area (Å²) in [6, 6.07) is 1.16. The fourth-order valence-corrected chi connectivity index (χ4v) is 4.71. The Hall–Kier alpha value is -1.92. The van der Waals surface area contributed by atoms with Gasteiger partial charge in [0.15, 0.2) is 17.5 Å². The highest BCUT2D eigenvalue weighted by Gasteiger charge is 2.42. The molecule has 2 unspecified atom stereocenters. The molecule has 2 aliphatic heterocycles. The Morgan fingerprint density at radius 1 is 1.52 bits per heavy atom. The van der Waals surface area contributed by atoms with E-state index in [9.17, 15) is 13.6 Å². The van der Waals surface area contributed by atoms with Crippen molar-refractivity contribution in [3.63, 3.8) is 0 Å². The zero-order valence-electron chi connectivity index (χ0n) is 16.7. The number of hydrogen-bond acceptors (Lipinski definition) is 9. The number of amidine groups is 1. The van der Waals surface area contributed by atoms with E-state index in [-0.39, 0.29) is 17.2 Å². The van der Waals surface area contributed by atoms with Crippen molar-refractivity contribution in [3.05, 3.63) is 57.6 Å². The lowest BCUT2D eigenvalue weighted by Crippen LogP contribution is -2.39. The third kappa shape index (κ3) is 4.51. The van der Waals surface area contributed by atoms with E-state index in [1.807, 2.05) is 4.90 Å². The van der Waals surface area contributed by atoms with E-state index in [0.717, 1.165) is 18.2 Å². The number of aliphatic imine (C=N–C) groups is 2. The van der Waals surface area contributed by atoms with E-state index >= 15 is 0 Å². The number of nitrogens with one attached hydrogen (secondary N) is 1. The number of hydrogen-bond donors (Lipinski definition) is 2. The SMILES string of the molecule is C=CSC(=NC)C1=NC(c2ccc(F)c(F)c2Cl)C(C(=O)OC)=C2CC(NSN)CN12. The number of benzene rings is 1. The van der Waals surface area contributed by atoms with Crippen molar-refractivity contribution >= 4 is 52.3 Å². The van der Waals surface area contributed by atoms with Gasteiger partial charge in [-0.3, -0.25) is 15.1 Å². The molecule has 0 radical (unpaired) electrons. The number of thioether (sulfide) groups is 1. The van der Waals surface area contributed by atoms with E-state index in [1.54, 1.807) is 12.5 Å². The highest BCUT2D eigenvalue weighted by molar-refractivity contribution is 8.18. The van der Waals surface area contributed by atoms with Gasteiger partial charge in [-0.05, 0) is 11.5 Å². The summed E-state index contributed by atoms with van der Waals surface area (Å²) in [6.45, 7) is 4.19. The van der Waals surface area contributed by atoms with E-state index in [0.29, 0.717) is 29.5 Å². The summed E-state index contributed by atoms with van der Waals surface area (Å²) in [5.41, 5.74) is 0.971. The van der Waals surface area contributed by atoms with Crippen LogP contribution >= 0.6 is 35.5 Å². The first kappa shape index (κ1) is 23.7. The molecule has 0 aromatic heterocycles. The molecule has 0 spiro atoms. The second kappa shape index (κ2) is 10.1. The molecule has 1 aromatic rings. The van der Waals surface area contributed by atoms with Gasteiger partial charge >= 0.3 is 5.97 Å². The van der Waals surface area contributed by atoms with E-state index < -0.39 is 28.7 Å². The molecule has 3 N–H and O–H groups in total. The molecule has 7 nitrogen and oxygen atoms in total. The third-order valence-corrected chi connectivity index (χ3v) is 6.46. The number of methoxy groups -OCH3 is 1. The Bertz CT molecular complexity index is 1000. The van der Waals surface area contributed by atoms with Crippen LogP contribution in [-0.2, 0) is 9.53 Å². The smallest absolute Gasteiger partial charge is 0.338 e. The van der Waals surface area contributed by atoms with Gasteiger partial charge in [0, 0.05) is 49.4 Å². The van der Waals surface area contributed by atoms with Crippen LogP contribution < -0.4 is 9.86 Å². The van der Waals surface area contributed by atoms with Gasteiger partial charge in [0.25, 0.3) is 0 Å². The van der Waals surface area contributed by atoms with Crippen molar-refractivity contribution in [3.8, 4) is 0 Å². The lowest BCUT2D eigenvalue weighted by Gasteiger charge is -2.32. The molecular formula is C19H20ClF2N5O2S2. The number of carbonyl (C=O) groups is 1. The van der Waals surface area contributed by atoms with Crippen LogP contribution in [0.2, 0.25) is 5.02 Å². The van der Waals surface area contributed by atoms with Crippen molar-refractivity contribution in [2.24, 2.45) is 15.1 Å². The third-order valence-electron chi connectivity index (χ3n) is 4.85. The summed E-state index contributed by atoms with van der Waals surface area (Å²) in [6.07, 6.45) is 0.432. The summed E-state index contributed by atoms with van der Waals surface area (Å²) in [7, 11) is 2.85. The molecule has 166 valence electrons. The van der Waals surface area contributed by atoms with Gasteiger partial charge in [-0.25, -0.2) is 18.3 Å². The zero-order chi connectivity index (χ0) is 22.7. The number of nitrogens with two attached hydrogens (primary N) is 1. The number of rotatable bonds is 6. The maximum atomic E-state index is 14.3. The van der Waals surface area contributed by atoms with Crippen LogP contribution in [0.5, 0.6) is 0 Å². The summed E-state index contributed by atoms with van der Waals surface area (Å²) in [4.78, 5) is 23.6. The van der Waals surface area contributed by atoms with Gasteiger partial charge in [-0.2, -0.15) is 0 Å². The molecule has 0 aliphatic carbocycles. The van der Waals surface area contributed by atoms with Gasteiger partial charge in [0.1, 0.15) is 11.1 Å². The number of halogens is 3. The van der Waals surface area contributed by atoms with E-state index in [1.165, 1.54) is 24.9 Å².